The van der Waals surface area contributed by atoms with Crippen LogP contribution < -0.4 is 19.9 Å². The van der Waals surface area contributed by atoms with Crippen LogP contribution in [0.15, 0.2) is 53.3 Å². The van der Waals surface area contributed by atoms with Crippen LogP contribution in [-0.4, -0.2) is 70.5 Å². The molecule has 10 nitrogen and oxygen atoms in total. The Labute approximate surface area is 222 Å². The average molecular weight is 518 g/mol. The van der Waals surface area contributed by atoms with Gasteiger partial charge in [0, 0.05) is 48.3 Å². The molecule has 0 saturated carbocycles. The number of nitrogens with zero attached hydrogens (tertiary/aromatic N) is 6. The van der Waals surface area contributed by atoms with Crippen molar-refractivity contribution >= 4 is 16.6 Å². The summed E-state index contributed by atoms with van der Waals surface area (Å²) in [4.78, 5) is 21.3. The lowest BCUT2D eigenvalue weighted by Gasteiger charge is -2.40. The first-order valence-corrected chi connectivity index (χ1v) is 13.0. The van der Waals surface area contributed by atoms with E-state index in [9.17, 15) is 4.79 Å². The van der Waals surface area contributed by atoms with Crippen molar-refractivity contribution in [3.05, 3.63) is 70.3 Å². The molecule has 1 saturated heterocycles. The van der Waals surface area contributed by atoms with E-state index >= 15 is 0 Å². The van der Waals surface area contributed by atoms with Gasteiger partial charge in [0.2, 0.25) is 0 Å². The lowest BCUT2D eigenvalue weighted by atomic mass is 9.98. The minimum atomic E-state index is -0.409. The van der Waals surface area contributed by atoms with E-state index in [0.29, 0.717) is 11.4 Å². The molecule has 1 fully saturated rings. The van der Waals surface area contributed by atoms with E-state index < -0.39 is 6.04 Å². The normalized spacial score (nSPS) is 15.6. The van der Waals surface area contributed by atoms with Crippen molar-refractivity contribution < 1.29 is 9.47 Å². The van der Waals surface area contributed by atoms with Crippen LogP contribution in [0.5, 0.6) is 11.5 Å². The molecule has 2 aromatic carbocycles. The molecule has 0 spiro atoms. The van der Waals surface area contributed by atoms with Crippen molar-refractivity contribution in [3.63, 3.8) is 0 Å². The average Bonchev–Trinajstić information content (AvgIpc) is 3.44. The van der Waals surface area contributed by atoms with Crippen LogP contribution in [0, 0.1) is 0 Å². The number of benzene rings is 2. The third-order valence-corrected chi connectivity index (χ3v) is 7.67. The van der Waals surface area contributed by atoms with Gasteiger partial charge in [-0.05, 0) is 79.2 Å². The van der Waals surface area contributed by atoms with Gasteiger partial charge < -0.3 is 19.4 Å². The number of fused-ring (bicyclic) bond motifs is 1. The molecule has 1 unspecified atom stereocenters. The number of piperazine rings is 1. The first-order chi connectivity index (χ1) is 18.3. The minimum absolute atomic E-state index is 0.144. The zero-order valence-electron chi connectivity index (χ0n) is 22.6. The SMILES string of the molecule is CCC(C)(C)n1nnnc1C(c1cc2cc(OC)ccc2[nH]c1=O)N1CCN(c2ccc(OC)cc2)CC1. The van der Waals surface area contributed by atoms with Crippen molar-refractivity contribution in [1.29, 1.82) is 0 Å². The molecular formula is C28H35N7O3. The smallest absolute Gasteiger partial charge is 0.253 e. The van der Waals surface area contributed by atoms with Gasteiger partial charge in [0.25, 0.3) is 5.56 Å². The van der Waals surface area contributed by atoms with Crippen molar-refractivity contribution in [2.75, 3.05) is 45.3 Å². The van der Waals surface area contributed by atoms with E-state index in [1.54, 1.807) is 14.2 Å². The molecule has 1 aliphatic heterocycles. The summed E-state index contributed by atoms with van der Waals surface area (Å²) in [7, 11) is 3.31. The number of hydrogen-bond acceptors (Lipinski definition) is 8. The fourth-order valence-corrected chi connectivity index (χ4v) is 5.01. The molecule has 4 aromatic rings. The molecule has 10 heteroatoms. The summed E-state index contributed by atoms with van der Waals surface area (Å²) in [5.41, 5.74) is 2.07. The Bertz CT molecular complexity index is 1450. The predicted octanol–water partition coefficient (Wildman–Crippen LogP) is 3.59. The van der Waals surface area contributed by atoms with Crippen molar-refractivity contribution in [3.8, 4) is 11.5 Å². The maximum absolute atomic E-state index is 13.5. The van der Waals surface area contributed by atoms with Gasteiger partial charge in [-0.25, -0.2) is 4.68 Å². The van der Waals surface area contributed by atoms with E-state index in [1.165, 1.54) is 0 Å². The standard InChI is InChI=1S/C28H35N7O3/c1-6-28(2,3)35-26(30-31-32-35)25(23-18-19-17-22(38-5)11-12-24(19)29-27(23)36)34-15-13-33(14-16-34)20-7-9-21(37-4)10-8-20/h7-12,17-18,25H,6,13-16H2,1-5H3,(H,29,36). The van der Waals surface area contributed by atoms with Crippen LogP contribution in [0.3, 0.4) is 0 Å². The summed E-state index contributed by atoms with van der Waals surface area (Å²) in [6.07, 6.45) is 0.842. The molecule has 0 bridgehead atoms. The Morgan fingerprint density at radius 3 is 2.32 bits per heavy atom. The van der Waals surface area contributed by atoms with Crippen LogP contribution in [0.25, 0.3) is 10.9 Å². The number of anilines is 1. The van der Waals surface area contributed by atoms with Gasteiger partial charge in [-0.1, -0.05) is 6.92 Å². The summed E-state index contributed by atoms with van der Waals surface area (Å²) in [5, 5.41) is 13.8. The highest BCUT2D eigenvalue weighted by Gasteiger charge is 2.35. The monoisotopic (exact) mass is 517 g/mol. The third kappa shape index (κ3) is 4.83. The molecule has 200 valence electrons. The summed E-state index contributed by atoms with van der Waals surface area (Å²) < 4.78 is 12.6. The molecule has 1 aliphatic rings. The number of H-pyrrole nitrogens is 1. The largest absolute Gasteiger partial charge is 0.497 e. The number of aromatic nitrogens is 5. The summed E-state index contributed by atoms with van der Waals surface area (Å²) in [6.45, 7) is 9.43. The van der Waals surface area contributed by atoms with Gasteiger partial charge in [0.05, 0.1) is 19.8 Å². The van der Waals surface area contributed by atoms with Crippen LogP contribution in [0.4, 0.5) is 5.69 Å². The molecule has 1 N–H and O–H groups in total. The fraction of sp³-hybridized carbons (Fsp3) is 0.429. The molecule has 38 heavy (non-hydrogen) atoms. The van der Waals surface area contributed by atoms with Crippen LogP contribution in [0.1, 0.15) is 44.6 Å². The lowest BCUT2D eigenvalue weighted by Crippen LogP contribution is -2.49. The van der Waals surface area contributed by atoms with E-state index in [1.807, 2.05) is 41.1 Å². The predicted molar refractivity (Wildman–Crippen MR) is 147 cm³/mol. The topological polar surface area (TPSA) is 101 Å². The molecule has 5 rings (SSSR count). The first kappa shape index (κ1) is 25.7. The maximum Gasteiger partial charge on any atom is 0.253 e. The Balaban J connectivity index is 1.54. The quantitative estimate of drug-likeness (QED) is 0.378. The van der Waals surface area contributed by atoms with Crippen LogP contribution in [0.2, 0.25) is 0 Å². The van der Waals surface area contributed by atoms with Gasteiger partial charge in [-0.3, -0.25) is 9.69 Å². The second-order valence-corrected chi connectivity index (χ2v) is 10.2. The molecule has 1 atom stereocenters. The van der Waals surface area contributed by atoms with E-state index in [0.717, 1.165) is 60.7 Å². The highest BCUT2D eigenvalue weighted by atomic mass is 16.5. The van der Waals surface area contributed by atoms with E-state index in [4.69, 9.17) is 9.47 Å². The van der Waals surface area contributed by atoms with Crippen LogP contribution in [-0.2, 0) is 5.54 Å². The molecule has 0 radical (unpaired) electrons. The molecule has 3 heterocycles. The minimum Gasteiger partial charge on any atom is -0.497 e. The highest BCUT2D eigenvalue weighted by molar-refractivity contribution is 5.80. The van der Waals surface area contributed by atoms with Gasteiger partial charge in [-0.15, -0.1) is 5.10 Å². The van der Waals surface area contributed by atoms with Gasteiger partial charge in [0.1, 0.15) is 17.5 Å². The number of hydrogen-bond donors (Lipinski definition) is 1. The molecular weight excluding hydrogens is 482 g/mol. The van der Waals surface area contributed by atoms with Gasteiger partial charge in [0.15, 0.2) is 5.82 Å². The number of ether oxygens (including phenoxy) is 2. The number of rotatable bonds is 8. The van der Waals surface area contributed by atoms with Crippen molar-refractivity contribution in [2.45, 2.75) is 38.8 Å². The second-order valence-electron chi connectivity index (χ2n) is 10.2. The number of nitrogens with one attached hydrogen (secondary N) is 1. The molecule has 0 aliphatic carbocycles. The van der Waals surface area contributed by atoms with Gasteiger partial charge >= 0.3 is 0 Å². The number of tetrazole rings is 1. The third-order valence-electron chi connectivity index (χ3n) is 7.67. The maximum atomic E-state index is 13.5. The molecule has 0 amide bonds. The zero-order valence-corrected chi connectivity index (χ0v) is 22.6. The zero-order chi connectivity index (χ0) is 26.9. The Morgan fingerprint density at radius 1 is 0.974 bits per heavy atom. The molecule has 2 aromatic heterocycles. The van der Waals surface area contributed by atoms with Gasteiger partial charge in [-0.2, -0.15) is 0 Å². The highest BCUT2D eigenvalue weighted by Crippen LogP contribution is 2.32. The van der Waals surface area contributed by atoms with E-state index in [-0.39, 0.29) is 11.1 Å². The summed E-state index contributed by atoms with van der Waals surface area (Å²) in [6, 6.07) is 15.3. The number of aromatic amines is 1. The Kier molecular flexibility index (Phi) is 7.07. The van der Waals surface area contributed by atoms with Crippen molar-refractivity contribution in [2.24, 2.45) is 0 Å². The van der Waals surface area contributed by atoms with Crippen molar-refractivity contribution in [1.82, 2.24) is 30.1 Å². The fourth-order valence-electron chi connectivity index (χ4n) is 5.01. The Hall–Kier alpha value is -3.92. The first-order valence-electron chi connectivity index (χ1n) is 13.0. The number of methoxy groups -OCH3 is 2. The lowest BCUT2D eigenvalue weighted by molar-refractivity contribution is 0.186. The second kappa shape index (κ2) is 10.4. The van der Waals surface area contributed by atoms with E-state index in [2.05, 4.69) is 63.2 Å². The summed E-state index contributed by atoms with van der Waals surface area (Å²) in [5.74, 6) is 2.24. The Morgan fingerprint density at radius 2 is 1.66 bits per heavy atom. The number of pyridine rings is 1. The van der Waals surface area contributed by atoms with Crippen LogP contribution >= 0.6 is 0 Å². The summed E-state index contributed by atoms with van der Waals surface area (Å²) >= 11 is 0.